The van der Waals surface area contributed by atoms with E-state index in [1.165, 1.54) is 6.08 Å². The molecular formula is C14H22N2O2. The van der Waals surface area contributed by atoms with Crippen LogP contribution in [0.4, 0.5) is 0 Å². The second-order valence-corrected chi connectivity index (χ2v) is 5.93. The molecule has 0 atom stereocenters. The van der Waals surface area contributed by atoms with Gasteiger partial charge in [0.05, 0.1) is 5.41 Å². The van der Waals surface area contributed by atoms with Crippen molar-refractivity contribution in [3.63, 3.8) is 0 Å². The molecular weight excluding hydrogens is 228 g/mol. The first-order valence-electron chi connectivity index (χ1n) is 6.67. The Labute approximate surface area is 109 Å². The third-order valence-corrected chi connectivity index (χ3v) is 4.15. The average Bonchev–Trinajstić information content (AvgIpc) is 2.34. The number of hydrogen-bond donors (Lipinski definition) is 0. The van der Waals surface area contributed by atoms with Crippen molar-refractivity contribution in [2.75, 3.05) is 26.2 Å². The van der Waals surface area contributed by atoms with Gasteiger partial charge < -0.3 is 9.80 Å². The van der Waals surface area contributed by atoms with Crippen LogP contribution in [-0.4, -0.2) is 47.8 Å². The summed E-state index contributed by atoms with van der Waals surface area (Å²) in [5, 5.41) is 0. The van der Waals surface area contributed by atoms with Crippen molar-refractivity contribution >= 4 is 11.8 Å². The van der Waals surface area contributed by atoms with Crippen LogP contribution in [0.2, 0.25) is 0 Å². The van der Waals surface area contributed by atoms with Gasteiger partial charge >= 0.3 is 0 Å². The molecule has 2 fully saturated rings. The van der Waals surface area contributed by atoms with Crippen LogP contribution in [0.25, 0.3) is 0 Å². The highest BCUT2D eigenvalue weighted by molar-refractivity contribution is 5.91. The van der Waals surface area contributed by atoms with Crippen molar-refractivity contribution in [2.24, 2.45) is 11.3 Å². The van der Waals surface area contributed by atoms with Crippen LogP contribution in [0.3, 0.4) is 0 Å². The van der Waals surface area contributed by atoms with E-state index in [1.807, 2.05) is 11.8 Å². The van der Waals surface area contributed by atoms with E-state index in [4.69, 9.17) is 0 Å². The molecule has 0 unspecified atom stereocenters. The largest absolute Gasteiger partial charge is 0.342 e. The lowest BCUT2D eigenvalue weighted by molar-refractivity contribution is -0.157. The molecule has 2 saturated heterocycles. The predicted molar refractivity (Wildman–Crippen MR) is 69.9 cm³/mol. The summed E-state index contributed by atoms with van der Waals surface area (Å²) in [7, 11) is 0. The molecule has 4 heteroatoms. The van der Waals surface area contributed by atoms with E-state index < -0.39 is 0 Å². The third kappa shape index (κ3) is 2.28. The van der Waals surface area contributed by atoms with Gasteiger partial charge in [0.1, 0.15) is 0 Å². The number of rotatable bonds is 2. The third-order valence-electron chi connectivity index (χ3n) is 4.15. The summed E-state index contributed by atoms with van der Waals surface area (Å²) in [4.78, 5) is 27.5. The van der Waals surface area contributed by atoms with Crippen molar-refractivity contribution in [3.05, 3.63) is 12.7 Å². The van der Waals surface area contributed by atoms with Gasteiger partial charge in [-0.05, 0) is 31.8 Å². The van der Waals surface area contributed by atoms with Crippen LogP contribution >= 0.6 is 0 Å². The van der Waals surface area contributed by atoms with Gasteiger partial charge in [0.15, 0.2) is 0 Å². The molecule has 0 spiro atoms. The summed E-state index contributed by atoms with van der Waals surface area (Å²) in [6, 6.07) is 0. The van der Waals surface area contributed by atoms with Crippen molar-refractivity contribution in [3.8, 4) is 0 Å². The highest BCUT2D eigenvalue weighted by atomic mass is 16.2. The Kier molecular flexibility index (Phi) is 3.46. The van der Waals surface area contributed by atoms with Crippen molar-refractivity contribution in [1.29, 1.82) is 0 Å². The first-order valence-corrected chi connectivity index (χ1v) is 6.67. The van der Waals surface area contributed by atoms with E-state index in [9.17, 15) is 9.59 Å². The van der Waals surface area contributed by atoms with Crippen molar-refractivity contribution < 1.29 is 9.59 Å². The zero-order valence-corrected chi connectivity index (χ0v) is 11.3. The zero-order valence-electron chi connectivity index (χ0n) is 11.3. The van der Waals surface area contributed by atoms with Crippen molar-refractivity contribution in [1.82, 2.24) is 9.80 Å². The van der Waals surface area contributed by atoms with E-state index in [1.54, 1.807) is 4.90 Å². The number of hydrogen-bond acceptors (Lipinski definition) is 2. The minimum atomic E-state index is -0.376. The molecule has 2 aliphatic heterocycles. The van der Waals surface area contributed by atoms with E-state index in [2.05, 4.69) is 13.5 Å². The van der Waals surface area contributed by atoms with E-state index in [-0.39, 0.29) is 17.2 Å². The summed E-state index contributed by atoms with van der Waals surface area (Å²) in [5.74, 6) is 0.858. The maximum absolute atomic E-state index is 12.4. The maximum atomic E-state index is 12.4. The lowest BCUT2D eigenvalue weighted by Crippen LogP contribution is -2.64. The highest BCUT2D eigenvalue weighted by Gasteiger charge is 2.48. The number of carbonyl (C=O) groups excluding carboxylic acids is 2. The average molecular weight is 250 g/mol. The van der Waals surface area contributed by atoms with Gasteiger partial charge in [-0.2, -0.15) is 0 Å². The fraction of sp³-hybridized carbons (Fsp3) is 0.714. The second kappa shape index (κ2) is 4.75. The van der Waals surface area contributed by atoms with Gasteiger partial charge in [-0.1, -0.05) is 13.5 Å². The Hall–Kier alpha value is -1.32. The lowest BCUT2D eigenvalue weighted by Gasteiger charge is -2.49. The van der Waals surface area contributed by atoms with E-state index in [0.717, 1.165) is 31.8 Å². The maximum Gasteiger partial charge on any atom is 0.246 e. The monoisotopic (exact) mass is 250 g/mol. The normalized spacial score (nSPS) is 23.4. The van der Waals surface area contributed by atoms with Crippen LogP contribution in [0, 0.1) is 11.3 Å². The smallest absolute Gasteiger partial charge is 0.246 e. The Morgan fingerprint density at radius 3 is 2.28 bits per heavy atom. The van der Waals surface area contributed by atoms with Gasteiger partial charge in [-0.3, -0.25) is 9.59 Å². The fourth-order valence-electron chi connectivity index (χ4n) is 2.81. The molecule has 0 saturated carbocycles. The number of amides is 2. The van der Waals surface area contributed by atoms with Crippen LogP contribution in [0.5, 0.6) is 0 Å². The molecule has 0 aromatic carbocycles. The molecule has 0 N–H and O–H groups in total. The minimum absolute atomic E-state index is 0.0764. The molecule has 2 aliphatic rings. The molecule has 2 heterocycles. The van der Waals surface area contributed by atoms with Crippen LogP contribution in [0.1, 0.15) is 26.7 Å². The van der Waals surface area contributed by atoms with Gasteiger partial charge in [0, 0.05) is 26.2 Å². The first kappa shape index (κ1) is 13.1. The molecule has 2 amide bonds. The number of piperidine rings is 1. The number of likely N-dealkylation sites (tertiary alicyclic amines) is 2. The predicted octanol–water partition coefficient (Wildman–Crippen LogP) is 1.28. The van der Waals surface area contributed by atoms with Crippen LogP contribution in [-0.2, 0) is 9.59 Å². The summed E-state index contributed by atoms with van der Waals surface area (Å²) < 4.78 is 0. The SMILES string of the molecule is C=CC(=O)N1CC(C)(C(=O)N2CCC(C)CC2)C1. The Bertz CT molecular complexity index is 364. The van der Waals surface area contributed by atoms with Crippen molar-refractivity contribution in [2.45, 2.75) is 26.7 Å². The molecule has 0 aromatic rings. The summed E-state index contributed by atoms with van der Waals surface area (Å²) in [6.07, 6.45) is 3.50. The van der Waals surface area contributed by atoms with Gasteiger partial charge in [-0.25, -0.2) is 0 Å². The Morgan fingerprint density at radius 2 is 1.78 bits per heavy atom. The summed E-state index contributed by atoms with van der Waals surface area (Å²) in [5.41, 5.74) is -0.376. The Balaban J connectivity index is 1.90. The van der Waals surface area contributed by atoms with E-state index >= 15 is 0 Å². The molecule has 4 nitrogen and oxygen atoms in total. The molecule has 0 aliphatic carbocycles. The van der Waals surface area contributed by atoms with Crippen LogP contribution < -0.4 is 0 Å². The highest BCUT2D eigenvalue weighted by Crippen LogP contribution is 2.33. The molecule has 0 aromatic heterocycles. The summed E-state index contributed by atoms with van der Waals surface area (Å²) in [6.45, 7) is 10.5. The van der Waals surface area contributed by atoms with Gasteiger partial charge in [0.2, 0.25) is 11.8 Å². The second-order valence-electron chi connectivity index (χ2n) is 5.93. The minimum Gasteiger partial charge on any atom is -0.342 e. The lowest BCUT2D eigenvalue weighted by atomic mass is 9.79. The van der Waals surface area contributed by atoms with E-state index in [0.29, 0.717) is 13.1 Å². The number of carbonyl (C=O) groups is 2. The first-order chi connectivity index (χ1) is 8.46. The van der Waals surface area contributed by atoms with Gasteiger partial charge in [0.25, 0.3) is 0 Å². The molecule has 0 radical (unpaired) electrons. The molecule has 2 rings (SSSR count). The number of nitrogens with zero attached hydrogens (tertiary/aromatic N) is 2. The van der Waals surface area contributed by atoms with Gasteiger partial charge in [-0.15, -0.1) is 0 Å². The molecule has 18 heavy (non-hydrogen) atoms. The fourth-order valence-corrected chi connectivity index (χ4v) is 2.81. The summed E-state index contributed by atoms with van der Waals surface area (Å²) >= 11 is 0. The Morgan fingerprint density at radius 1 is 1.22 bits per heavy atom. The molecule has 100 valence electrons. The standard InChI is InChI=1S/C14H22N2O2/c1-4-12(17)16-9-14(3,10-16)13(18)15-7-5-11(2)6-8-15/h4,11H,1,5-10H2,2-3H3. The zero-order chi connectivity index (χ0) is 13.3. The van der Waals surface area contributed by atoms with Crippen LogP contribution in [0.15, 0.2) is 12.7 Å². The quantitative estimate of drug-likeness (QED) is 0.693. The molecule has 0 bridgehead atoms. The topological polar surface area (TPSA) is 40.6 Å².